The van der Waals surface area contributed by atoms with Crippen molar-refractivity contribution in [3.05, 3.63) is 65.2 Å². The van der Waals surface area contributed by atoms with E-state index in [2.05, 4.69) is 46.3 Å². The van der Waals surface area contributed by atoms with Crippen LogP contribution in [0.2, 0.25) is 0 Å². The van der Waals surface area contributed by atoms with Crippen molar-refractivity contribution < 1.29 is 17.2 Å². The maximum atomic E-state index is 11.1. The number of nitrogens with zero attached hydrogens (tertiary/aromatic N) is 1. The summed E-state index contributed by atoms with van der Waals surface area (Å²) in [6, 6.07) is 15.1. The predicted molar refractivity (Wildman–Crippen MR) is 91.7 cm³/mol. The lowest BCUT2D eigenvalue weighted by atomic mass is 10.0. The van der Waals surface area contributed by atoms with Crippen molar-refractivity contribution in [2.45, 2.75) is 18.2 Å². The highest BCUT2D eigenvalue weighted by Crippen LogP contribution is 2.11. The fourth-order valence-corrected chi connectivity index (χ4v) is 2.95. The molecule has 4 nitrogen and oxygen atoms in total. The third kappa shape index (κ3) is 4.74. The molecule has 0 atom stereocenters. The van der Waals surface area contributed by atoms with Crippen LogP contribution in [0.5, 0.6) is 0 Å². The molecule has 0 amide bonds. The van der Waals surface area contributed by atoms with Crippen LogP contribution in [0.25, 0.3) is 0 Å². The van der Waals surface area contributed by atoms with Gasteiger partial charge in [-0.15, -0.1) is 0 Å². The van der Waals surface area contributed by atoms with Crippen molar-refractivity contribution in [2.24, 2.45) is 0 Å². The Morgan fingerprint density at radius 1 is 1.04 bits per heavy atom. The van der Waals surface area contributed by atoms with Crippen molar-refractivity contribution in [3.63, 3.8) is 0 Å². The molecule has 23 heavy (non-hydrogen) atoms. The maximum absolute atomic E-state index is 11.1. The SMILES string of the molecule is COS(=O)(=O)c1ccc(C)cc1.C[N+]1=Cc2ccccc2CC1. The van der Waals surface area contributed by atoms with Gasteiger partial charge in [0.25, 0.3) is 10.1 Å². The number of fused-ring (bicyclic) bond motifs is 1. The first kappa shape index (κ1) is 17.4. The molecule has 0 N–H and O–H groups in total. The summed E-state index contributed by atoms with van der Waals surface area (Å²) >= 11 is 0. The molecule has 0 aliphatic carbocycles. The Bertz CT molecular complexity index is 793. The molecule has 0 spiro atoms. The molecule has 0 radical (unpaired) electrons. The Morgan fingerprint density at radius 2 is 1.70 bits per heavy atom. The summed E-state index contributed by atoms with van der Waals surface area (Å²) in [4.78, 5) is 0.190. The second kappa shape index (κ2) is 7.53. The first-order chi connectivity index (χ1) is 10.9. The quantitative estimate of drug-likeness (QED) is 0.627. The molecule has 0 aromatic heterocycles. The van der Waals surface area contributed by atoms with Gasteiger partial charge in [-0.05, 0) is 30.7 Å². The van der Waals surface area contributed by atoms with Crippen molar-refractivity contribution in [2.75, 3.05) is 20.7 Å². The van der Waals surface area contributed by atoms with E-state index >= 15 is 0 Å². The smallest absolute Gasteiger partial charge is 0.270 e. The molecule has 1 heterocycles. The van der Waals surface area contributed by atoms with Gasteiger partial charge in [-0.3, -0.25) is 4.18 Å². The zero-order valence-electron chi connectivity index (χ0n) is 13.7. The zero-order valence-corrected chi connectivity index (χ0v) is 14.5. The minimum Gasteiger partial charge on any atom is -0.270 e. The second-order valence-corrected chi connectivity index (χ2v) is 7.21. The zero-order chi connectivity index (χ0) is 16.9. The lowest BCUT2D eigenvalue weighted by molar-refractivity contribution is -0.493. The fraction of sp³-hybridized carbons (Fsp3) is 0.278. The monoisotopic (exact) mass is 332 g/mol. The van der Waals surface area contributed by atoms with E-state index in [0.29, 0.717) is 0 Å². The third-order valence-electron chi connectivity index (χ3n) is 3.68. The van der Waals surface area contributed by atoms with E-state index in [-0.39, 0.29) is 4.90 Å². The van der Waals surface area contributed by atoms with Crippen LogP contribution < -0.4 is 0 Å². The standard InChI is InChI=1S/C10H12N.C8H10O3S/c1-11-7-6-9-4-2-3-5-10(9)8-11;1-7-3-5-8(6-4-7)12(9,10)11-2/h2-5,8H,6-7H2,1H3;3-6H,1-2H3/q+1;. The summed E-state index contributed by atoms with van der Waals surface area (Å²) in [5.41, 5.74) is 3.87. The number of hydrogen-bond acceptors (Lipinski definition) is 3. The predicted octanol–water partition coefficient (Wildman–Crippen LogP) is 2.63. The fourth-order valence-electron chi connectivity index (χ4n) is 2.29. The van der Waals surface area contributed by atoms with Gasteiger partial charge in [0.15, 0.2) is 6.21 Å². The van der Waals surface area contributed by atoms with Gasteiger partial charge < -0.3 is 0 Å². The highest BCUT2D eigenvalue weighted by atomic mass is 32.2. The summed E-state index contributed by atoms with van der Waals surface area (Å²) in [7, 11) is -0.246. The number of likely N-dealkylation sites (N-methyl/N-ethyl adjacent to an activating group) is 1. The molecule has 122 valence electrons. The molecule has 0 bridgehead atoms. The maximum Gasteiger partial charge on any atom is 0.296 e. The lowest BCUT2D eigenvalue weighted by Crippen LogP contribution is -2.18. The van der Waals surface area contributed by atoms with Gasteiger partial charge in [-0.1, -0.05) is 35.9 Å². The molecule has 0 fully saturated rings. The van der Waals surface area contributed by atoms with E-state index in [0.717, 1.165) is 19.2 Å². The number of rotatable bonds is 2. The van der Waals surface area contributed by atoms with E-state index < -0.39 is 10.1 Å². The summed E-state index contributed by atoms with van der Waals surface area (Å²) in [5, 5.41) is 0. The summed E-state index contributed by atoms with van der Waals surface area (Å²) in [6.07, 6.45) is 3.39. The van der Waals surface area contributed by atoms with Crippen LogP contribution in [0.4, 0.5) is 0 Å². The topological polar surface area (TPSA) is 46.4 Å². The molecule has 2 aromatic carbocycles. The van der Waals surface area contributed by atoms with Crippen LogP contribution in [-0.4, -0.2) is 39.9 Å². The number of aryl methyl sites for hydroxylation is 1. The normalized spacial score (nSPS) is 13.4. The van der Waals surface area contributed by atoms with Gasteiger partial charge in [0, 0.05) is 12.0 Å². The first-order valence-corrected chi connectivity index (χ1v) is 8.83. The van der Waals surface area contributed by atoms with Gasteiger partial charge in [0.05, 0.1) is 12.0 Å². The Labute approximate surface area is 138 Å². The number of hydrogen-bond donors (Lipinski definition) is 0. The summed E-state index contributed by atoms with van der Waals surface area (Å²) < 4.78 is 28.8. The van der Waals surface area contributed by atoms with Crippen molar-refractivity contribution in [3.8, 4) is 0 Å². The molecule has 0 unspecified atom stereocenters. The molecule has 1 aliphatic rings. The van der Waals surface area contributed by atoms with Gasteiger partial charge in [-0.2, -0.15) is 8.42 Å². The van der Waals surface area contributed by atoms with Gasteiger partial charge in [0.2, 0.25) is 0 Å². The van der Waals surface area contributed by atoms with E-state index in [1.54, 1.807) is 12.1 Å². The van der Waals surface area contributed by atoms with Crippen LogP contribution in [0, 0.1) is 6.92 Å². The van der Waals surface area contributed by atoms with Crippen molar-refractivity contribution >= 4 is 16.3 Å². The second-order valence-electron chi connectivity index (χ2n) is 5.49. The highest BCUT2D eigenvalue weighted by Gasteiger charge is 2.11. The Balaban J connectivity index is 0.000000167. The lowest BCUT2D eigenvalue weighted by Gasteiger charge is -2.08. The molecular formula is C18H22NO3S+. The van der Waals surface area contributed by atoms with Crippen LogP contribution in [-0.2, 0) is 20.7 Å². The average Bonchev–Trinajstić information content (AvgIpc) is 2.56. The van der Waals surface area contributed by atoms with Crippen molar-refractivity contribution in [1.82, 2.24) is 0 Å². The van der Waals surface area contributed by atoms with E-state index in [9.17, 15) is 8.42 Å². The van der Waals surface area contributed by atoms with Crippen LogP contribution in [0.15, 0.2) is 53.4 Å². The average molecular weight is 332 g/mol. The molecule has 1 aliphatic heterocycles. The van der Waals surface area contributed by atoms with E-state index in [4.69, 9.17) is 0 Å². The molecule has 5 heteroatoms. The largest absolute Gasteiger partial charge is 0.296 e. The molecule has 0 saturated heterocycles. The van der Waals surface area contributed by atoms with Crippen LogP contribution in [0.1, 0.15) is 16.7 Å². The first-order valence-electron chi connectivity index (χ1n) is 7.42. The molecular weight excluding hydrogens is 310 g/mol. The van der Waals surface area contributed by atoms with Crippen molar-refractivity contribution in [1.29, 1.82) is 0 Å². The number of benzene rings is 2. The summed E-state index contributed by atoms with van der Waals surface area (Å²) in [5.74, 6) is 0. The van der Waals surface area contributed by atoms with Gasteiger partial charge >= 0.3 is 0 Å². The van der Waals surface area contributed by atoms with Crippen LogP contribution in [0.3, 0.4) is 0 Å². The summed E-state index contributed by atoms with van der Waals surface area (Å²) in [6.45, 7) is 3.04. The van der Waals surface area contributed by atoms with Gasteiger partial charge in [-0.25, -0.2) is 4.58 Å². The molecule has 0 saturated carbocycles. The molecule has 2 aromatic rings. The third-order valence-corrected chi connectivity index (χ3v) is 4.97. The Hall–Kier alpha value is -1.98. The molecule has 3 rings (SSSR count). The Morgan fingerprint density at radius 3 is 2.35 bits per heavy atom. The van der Waals surface area contributed by atoms with Crippen LogP contribution >= 0.6 is 0 Å². The Kier molecular flexibility index (Phi) is 5.69. The van der Waals surface area contributed by atoms with E-state index in [1.807, 2.05) is 6.92 Å². The minimum atomic E-state index is -3.51. The van der Waals surface area contributed by atoms with Gasteiger partial charge in [0.1, 0.15) is 13.6 Å². The highest BCUT2D eigenvalue weighted by molar-refractivity contribution is 7.86. The van der Waals surface area contributed by atoms with E-state index in [1.165, 1.54) is 29.7 Å². The minimum absolute atomic E-state index is 0.190.